The zero-order valence-electron chi connectivity index (χ0n) is 21.2. The molecule has 2 N–H and O–H groups in total. The van der Waals surface area contributed by atoms with Gasteiger partial charge in [0.1, 0.15) is 35.0 Å². The Bertz CT molecular complexity index is 1660. The number of nitrogens with two attached hydrogens (primary N) is 1. The molecule has 196 valence electrons. The highest BCUT2D eigenvalue weighted by Crippen LogP contribution is 2.32. The summed E-state index contributed by atoms with van der Waals surface area (Å²) in [6.45, 7) is 0.835. The van der Waals surface area contributed by atoms with Gasteiger partial charge in [0.25, 0.3) is 5.91 Å². The fourth-order valence-corrected chi connectivity index (χ4v) is 5.10. The van der Waals surface area contributed by atoms with E-state index in [0.717, 1.165) is 12.8 Å². The number of benzene rings is 2. The normalized spacial score (nSPS) is 17.7. The Kier molecular flexibility index (Phi) is 6.32. The molecule has 2 aromatic carbocycles. The van der Waals surface area contributed by atoms with Crippen molar-refractivity contribution in [3.63, 3.8) is 0 Å². The second kappa shape index (κ2) is 10.1. The molecule has 1 aliphatic carbocycles. The third-order valence-corrected chi connectivity index (χ3v) is 7.18. The smallest absolute Gasteiger partial charge is 0.335 e. The van der Waals surface area contributed by atoms with Crippen molar-refractivity contribution in [1.29, 1.82) is 5.26 Å². The van der Waals surface area contributed by atoms with E-state index in [0.29, 0.717) is 60.2 Å². The van der Waals surface area contributed by atoms with Crippen LogP contribution in [0.3, 0.4) is 0 Å². The summed E-state index contributed by atoms with van der Waals surface area (Å²) in [5.41, 5.74) is 7.54. The number of imidazole rings is 1. The Balaban J connectivity index is 1.34. The molecule has 0 radical (unpaired) electrons. The standard InChI is InChI=1S/C29H27N7O3/c30-16-20(15-19-8-9-19)28(37)34-14-4-5-22(17-34)36-27-25(26(31)32-18-33-27)35(29(36)38)21-10-12-24(13-11-21)39-23-6-2-1-3-7-23/h1-3,6-7,10-13,15,18-19,22H,4-5,8-9,14,17H2,(H2,31,32,33)/b20-15+/t22-/m1/s1. The van der Waals surface area contributed by atoms with Crippen molar-refractivity contribution in [2.24, 2.45) is 5.92 Å². The van der Waals surface area contributed by atoms with E-state index in [9.17, 15) is 14.9 Å². The number of nitrogens with zero attached hydrogens (tertiary/aromatic N) is 6. The van der Waals surface area contributed by atoms with E-state index in [2.05, 4.69) is 16.0 Å². The number of ether oxygens (including phenoxy) is 1. The first-order chi connectivity index (χ1) is 19.0. The van der Waals surface area contributed by atoms with Crippen LogP contribution < -0.4 is 16.2 Å². The lowest BCUT2D eigenvalue weighted by atomic mass is 10.0. The molecule has 0 unspecified atom stereocenters. The zero-order chi connectivity index (χ0) is 26.9. The van der Waals surface area contributed by atoms with E-state index in [-0.39, 0.29) is 29.0 Å². The topological polar surface area (TPSA) is 132 Å². The van der Waals surface area contributed by atoms with Crippen LogP contribution in [0.15, 0.2) is 77.4 Å². The van der Waals surface area contributed by atoms with Crippen LogP contribution >= 0.6 is 0 Å². The molecule has 10 nitrogen and oxygen atoms in total. The third kappa shape index (κ3) is 4.75. The monoisotopic (exact) mass is 521 g/mol. The number of nitrogen functional groups attached to an aromatic ring is 1. The molecule has 10 heteroatoms. The van der Waals surface area contributed by atoms with Gasteiger partial charge >= 0.3 is 5.69 Å². The van der Waals surface area contributed by atoms with Gasteiger partial charge in [-0.15, -0.1) is 0 Å². The molecule has 4 aromatic rings. The van der Waals surface area contributed by atoms with Crippen LogP contribution in [-0.2, 0) is 4.79 Å². The number of piperidine rings is 1. The van der Waals surface area contributed by atoms with Gasteiger partial charge in [0.15, 0.2) is 11.5 Å². The molecule has 6 rings (SSSR count). The van der Waals surface area contributed by atoms with Gasteiger partial charge in [0.05, 0.1) is 11.7 Å². The molecule has 1 aliphatic heterocycles. The van der Waals surface area contributed by atoms with Gasteiger partial charge in [0, 0.05) is 13.1 Å². The first-order valence-corrected chi connectivity index (χ1v) is 13.0. The maximum Gasteiger partial charge on any atom is 0.335 e. The Hall–Kier alpha value is -4.91. The van der Waals surface area contributed by atoms with Crippen molar-refractivity contribution in [3.8, 4) is 23.3 Å². The first-order valence-electron chi connectivity index (χ1n) is 13.0. The molecule has 0 bridgehead atoms. The molecule has 39 heavy (non-hydrogen) atoms. The summed E-state index contributed by atoms with van der Waals surface area (Å²) in [5.74, 6) is 1.55. The summed E-state index contributed by atoms with van der Waals surface area (Å²) >= 11 is 0. The van der Waals surface area contributed by atoms with Gasteiger partial charge < -0.3 is 15.4 Å². The number of hydrogen-bond acceptors (Lipinski definition) is 7. The van der Waals surface area contributed by atoms with Crippen molar-refractivity contribution >= 4 is 22.9 Å². The molecule has 1 saturated carbocycles. The zero-order valence-corrected chi connectivity index (χ0v) is 21.2. The molecular weight excluding hydrogens is 494 g/mol. The lowest BCUT2D eigenvalue weighted by Crippen LogP contribution is -2.43. The molecule has 1 saturated heterocycles. The number of para-hydroxylation sites is 1. The fourth-order valence-electron chi connectivity index (χ4n) is 5.10. The van der Waals surface area contributed by atoms with Gasteiger partial charge in [-0.3, -0.25) is 13.9 Å². The number of amides is 1. The highest BCUT2D eigenvalue weighted by Gasteiger charge is 2.32. The van der Waals surface area contributed by atoms with Gasteiger partial charge in [-0.1, -0.05) is 24.3 Å². The third-order valence-electron chi connectivity index (χ3n) is 7.18. The van der Waals surface area contributed by atoms with Crippen LogP contribution in [0.4, 0.5) is 5.82 Å². The highest BCUT2D eigenvalue weighted by atomic mass is 16.5. The first kappa shape index (κ1) is 24.4. The fraction of sp³-hybridized carbons (Fsp3) is 0.276. The number of likely N-dealkylation sites (tertiary alicyclic amines) is 1. The number of rotatable bonds is 6. The number of hydrogen-bond donors (Lipinski definition) is 1. The van der Waals surface area contributed by atoms with E-state index < -0.39 is 0 Å². The molecule has 2 fully saturated rings. The molecular formula is C29H27N7O3. The minimum absolute atomic E-state index is 0.178. The van der Waals surface area contributed by atoms with Crippen LogP contribution in [-0.4, -0.2) is 43.0 Å². The molecule has 2 aromatic heterocycles. The van der Waals surface area contributed by atoms with Gasteiger partial charge in [-0.25, -0.2) is 14.8 Å². The Morgan fingerprint density at radius 2 is 1.79 bits per heavy atom. The number of fused-ring (bicyclic) bond motifs is 1. The number of carbonyl (C=O) groups excluding carboxylic acids is 1. The Morgan fingerprint density at radius 3 is 2.51 bits per heavy atom. The predicted octanol–water partition coefficient (Wildman–Crippen LogP) is 3.98. The quantitative estimate of drug-likeness (QED) is 0.300. The van der Waals surface area contributed by atoms with Crippen molar-refractivity contribution in [2.75, 3.05) is 18.8 Å². The van der Waals surface area contributed by atoms with Crippen molar-refractivity contribution in [2.45, 2.75) is 31.7 Å². The average molecular weight is 522 g/mol. The maximum absolute atomic E-state index is 13.9. The maximum atomic E-state index is 13.9. The van der Waals surface area contributed by atoms with E-state index in [1.807, 2.05) is 30.3 Å². The Labute approximate surface area is 224 Å². The number of aromatic nitrogens is 4. The van der Waals surface area contributed by atoms with Gasteiger partial charge in [-0.2, -0.15) is 5.26 Å². The lowest BCUT2D eigenvalue weighted by molar-refractivity contribution is -0.128. The molecule has 0 spiro atoms. The van der Waals surface area contributed by atoms with Gasteiger partial charge in [-0.05, 0) is 68.0 Å². The van der Waals surface area contributed by atoms with E-state index in [4.69, 9.17) is 10.5 Å². The van der Waals surface area contributed by atoms with Crippen LogP contribution in [0.1, 0.15) is 31.7 Å². The van der Waals surface area contributed by atoms with Crippen LogP contribution in [0, 0.1) is 17.2 Å². The number of carbonyl (C=O) groups is 1. The summed E-state index contributed by atoms with van der Waals surface area (Å²) in [6.07, 6.45) is 6.53. The van der Waals surface area contributed by atoms with Crippen LogP contribution in [0.25, 0.3) is 16.9 Å². The number of allylic oxidation sites excluding steroid dienone is 1. The predicted molar refractivity (Wildman–Crippen MR) is 145 cm³/mol. The molecule has 3 heterocycles. The summed E-state index contributed by atoms with van der Waals surface area (Å²) in [7, 11) is 0. The van der Waals surface area contributed by atoms with Crippen LogP contribution in [0.5, 0.6) is 11.5 Å². The molecule has 1 atom stereocenters. The van der Waals surface area contributed by atoms with E-state index in [1.54, 1.807) is 39.8 Å². The minimum Gasteiger partial charge on any atom is -0.457 e. The summed E-state index contributed by atoms with van der Waals surface area (Å²) in [6, 6.07) is 18.3. The average Bonchev–Trinajstić information content (AvgIpc) is 3.73. The summed E-state index contributed by atoms with van der Waals surface area (Å²) in [4.78, 5) is 37.3. The summed E-state index contributed by atoms with van der Waals surface area (Å²) < 4.78 is 9.01. The van der Waals surface area contributed by atoms with E-state index >= 15 is 0 Å². The Morgan fingerprint density at radius 1 is 1.05 bits per heavy atom. The number of anilines is 1. The SMILES string of the molecule is N#C/C(=C\C1CC1)C(=O)N1CCC[C@@H](n2c(=O)n(-c3ccc(Oc4ccccc4)cc3)c3c(N)ncnc32)C1. The van der Waals surface area contributed by atoms with Crippen molar-refractivity contribution in [3.05, 3.63) is 83.1 Å². The number of nitriles is 1. The van der Waals surface area contributed by atoms with E-state index in [1.165, 1.54) is 10.9 Å². The second-order valence-electron chi connectivity index (χ2n) is 9.90. The van der Waals surface area contributed by atoms with Crippen molar-refractivity contribution in [1.82, 2.24) is 24.0 Å². The molecule has 1 amide bonds. The highest BCUT2D eigenvalue weighted by molar-refractivity contribution is 5.97. The van der Waals surface area contributed by atoms with Gasteiger partial charge in [0.2, 0.25) is 0 Å². The lowest BCUT2D eigenvalue weighted by Gasteiger charge is -2.33. The summed E-state index contributed by atoms with van der Waals surface area (Å²) in [5, 5.41) is 9.57. The van der Waals surface area contributed by atoms with Crippen LogP contribution in [0.2, 0.25) is 0 Å². The van der Waals surface area contributed by atoms with Crippen molar-refractivity contribution < 1.29 is 9.53 Å². The molecule has 2 aliphatic rings. The minimum atomic E-state index is -0.324. The second-order valence-corrected chi connectivity index (χ2v) is 9.90. The largest absolute Gasteiger partial charge is 0.457 e.